The molecule has 136 valence electrons. The Labute approximate surface area is 150 Å². The van der Waals surface area contributed by atoms with E-state index < -0.39 is 5.92 Å². The number of anilines is 1. The van der Waals surface area contributed by atoms with Crippen molar-refractivity contribution in [3.8, 4) is 0 Å². The summed E-state index contributed by atoms with van der Waals surface area (Å²) in [4.78, 5) is 27.3. The number of aryl methyl sites for hydroxylation is 2. The highest BCUT2D eigenvalue weighted by atomic mass is 16.2. The highest BCUT2D eigenvalue weighted by molar-refractivity contribution is 6.09. The molecule has 0 radical (unpaired) electrons. The minimum atomic E-state index is -0.568. The van der Waals surface area contributed by atoms with E-state index in [0.29, 0.717) is 25.4 Å². The number of nitrogens with two attached hydrogens (primary N) is 1. The molecule has 3 atom stereocenters. The number of rotatable bonds is 4. The fourth-order valence-electron chi connectivity index (χ4n) is 4.25. The Hall–Kier alpha value is -1.88. The van der Waals surface area contributed by atoms with E-state index in [2.05, 4.69) is 11.4 Å². The van der Waals surface area contributed by atoms with E-state index in [9.17, 15) is 9.59 Å². The molecule has 25 heavy (non-hydrogen) atoms. The Bertz CT molecular complexity index is 638. The van der Waals surface area contributed by atoms with Crippen molar-refractivity contribution >= 4 is 17.5 Å². The van der Waals surface area contributed by atoms with Crippen LogP contribution in [0.15, 0.2) is 18.2 Å². The van der Waals surface area contributed by atoms with Crippen LogP contribution >= 0.6 is 0 Å². The number of nitrogens with one attached hydrogen (secondary N) is 1. The average Bonchev–Trinajstić information content (AvgIpc) is 2.96. The molecule has 3 unspecified atom stereocenters. The number of amides is 2. The van der Waals surface area contributed by atoms with Gasteiger partial charge in [-0.05, 0) is 68.8 Å². The van der Waals surface area contributed by atoms with Gasteiger partial charge in [0.1, 0.15) is 5.92 Å². The number of hydrogen-bond acceptors (Lipinski definition) is 3. The summed E-state index contributed by atoms with van der Waals surface area (Å²) in [7, 11) is 0. The van der Waals surface area contributed by atoms with Crippen molar-refractivity contribution in [3.05, 3.63) is 29.3 Å². The first-order valence-electron chi connectivity index (χ1n) is 9.39. The monoisotopic (exact) mass is 343 g/mol. The Morgan fingerprint density at radius 1 is 1.16 bits per heavy atom. The first-order valence-corrected chi connectivity index (χ1v) is 9.39. The van der Waals surface area contributed by atoms with Crippen LogP contribution in [0.2, 0.25) is 0 Å². The molecule has 2 aliphatic rings. The van der Waals surface area contributed by atoms with Crippen LogP contribution < -0.4 is 16.0 Å². The van der Waals surface area contributed by atoms with Crippen molar-refractivity contribution in [1.82, 2.24) is 5.32 Å². The zero-order valence-electron chi connectivity index (χ0n) is 15.3. The number of nitrogens with zero attached hydrogens (tertiary/aromatic N) is 1. The topological polar surface area (TPSA) is 75.4 Å². The minimum Gasteiger partial charge on any atom is -0.352 e. The lowest BCUT2D eigenvalue weighted by atomic mass is 9.84. The van der Waals surface area contributed by atoms with Crippen LogP contribution in [0.25, 0.3) is 0 Å². The maximum absolute atomic E-state index is 12.8. The summed E-state index contributed by atoms with van der Waals surface area (Å²) in [5, 5.41) is 3.12. The van der Waals surface area contributed by atoms with E-state index in [1.54, 1.807) is 4.90 Å². The second-order valence-corrected chi connectivity index (χ2v) is 7.57. The van der Waals surface area contributed by atoms with Gasteiger partial charge >= 0.3 is 0 Å². The van der Waals surface area contributed by atoms with Crippen LogP contribution in [-0.2, 0) is 9.59 Å². The third kappa shape index (κ3) is 3.87. The third-order valence-corrected chi connectivity index (χ3v) is 5.58. The molecule has 0 spiro atoms. The molecule has 1 aliphatic carbocycles. The second-order valence-electron chi connectivity index (χ2n) is 7.57. The summed E-state index contributed by atoms with van der Waals surface area (Å²) in [6.45, 7) is 5.25. The van der Waals surface area contributed by atoms with Crippen LogP contribution in [0, 0.1) is 25.7 Å². The summed E-state index contributed by atoms with van der Waals surface area (Å²) >= 11 is 0. The summed E-state index contributed by atoms with van der Waals surface area (Å²) in [6.07, 6.45) is 4.91. The standard InChI is InChI=1S/C20H29N3O2/c1-13-9-14(2)11-16(10-13)23-8-7-17(20(23)25)19(24)22-18-6-4-3-5-15(18)12-21/h9-11,15,17-18H,3-8,12,21H2,1-2H3,(H,22,24). The highest BCUT2D eigenvalue weighted by Crippen LogP contribution is 2.28. The van der Waals surface area contributed by atoms with Gasteiger partial charge in [0, 0.05) is 18.3 Å². The van der Waals surface area contributed by atoms with Crippen LogP contribution in [0.4, 0.5) is 5.69 Å². The molecule has 1 saturated heterocycles. The summed E-state index contributed by atoms with van der Waals surface area (Å²) in [6, 6.07) is 6.23. The van der Waals surface area contributed by atoms with Crippen LogP contribution in [0.1, 0.15) is 43.2 Å². The van der Waals surface area contributed by atoms with Gasteiger partial charge in [0.05, 0.1) is 0 Å². The lowest BCUT2D eigenvalue weighted by molar-refractivity contribution is -0.133. The van der Waals surface area contributed by atoms with E-state index in [1.165, 1.54) is 6.42 Å². The summed E-state index contributed by atoms with van der Waals surface area (Å²) in [5.74, 6) is -0.435. The van der Waals surface area contributed by atoms with Gasteiger partial charge in [0.2, 0.25) is 11.8 Å². The first-order chi connectivity index (χ1) is 12.0. The van der Waals surface area contributed by atoms with Gasteiger partial charge < -0.3 is 16.0 Å². The van der Waals surface area contributed by atoms with Gasteiger partial charge in [-0.25, -0.2) is 0 Å². The van der Waals surface area contributed by atoms with E-state index in [0.717, 1.165) is 36.1 Å². The maximum Gasteiger partial charge on any atom is 0.239 e. The van der Waals surface area contributed by atoms with E-state index in [-0.39, 0.29) is 17.9 Å². The van der Waals surface area contributed by atoms with Crippen LogP contribution in [0.3, 0.4) is 0 Å². The van der Waals surface area contributed by atoms with Gasteiger partial charge in [-0.2, -0.15) is 0 Å². The normalized spacial score (nSPS) is 26.8. The predicted octanol–water partition coefficient (Wildman–Crippen LogP) is 2.29. The minimum absolute atomic E-state index is 0.0809. The largest absolute Gasteiger partial charge is 0.352 e. The van der Waals surface area contributed by atoms with Gasteiger partial charge in [-0.15, -0.1) is 0 Å². The summed E-state index contributed by atoms with van der Waals surface area (Å²) < 4.78 is 0. The molecule has 1 heterocycles. The van der Waals surface area contributed by atoms with E-state index in [1.807, 2.05) is 26.0 Å². The molecule has 3 rings (SSSR count). The first kappa shape index (κ1) is 17.9. The van der Waals surface area contributed by atoms with Crippen molar-refractivity contribution in [2.24, 2.45) is 17.6 Å². The van der Waals surface area contributed by atoms with Crippen LogP contribution in [0.5, 0.6) is 0 Å². The molecule has 1 aliphatic heterocycles. The lowest BCUT2D eigenvalue weighted by Gasteiger charge is -2.32. The zero-order chi connectivity index (χ0) is 18.0. The van der Waals surface area contributed by atoms with E-state index >= 15 is 0 Å². The summed E-state index contributed by atoms with van der Waals surface area (Å²) in [5.41, 5.74) is 9.01. The Morgan fingerprint density at radius 3 is 2.52 bits per heavy atom. The average molecular weight is 343 g/mol. The molecule has 2 fully saturated rings. The van der Waals surface area contributed by atoms with Crippen molar-refractivity contribution in [2.75, 3.05) is 18.0 Å². The fraction of sp³-hybridized carbons (Fsp3) is 0.600. The van der Waals surface area contributed by atoms with Crippen molar-refractivity contribution in [1.29, 1.82) is 0 Å². The molecule has 1 aromatic rings. The lowest BCUT2D eigenvalue weighted by Crippen LogP contribution is -2.48. The van der Waals surface area contributed by atoms with Gasteiger partial charge in [0.25, 0.3) is 0 Å². The molecule has 5 heteroatoms. The molecule has 1 saturated carbocycles. The number of carbonyl (C=O) groups excluding carboxylic acids is 2. The smallest absolute Gasteiger partial charge is 0.239 e. The number of carbonyl (C=O) groups is 2. The fourth-order valence-corrected chi connectivity index (χ4v) is 4.25. The Morgan fingerprint density at radius 2 is 1.84 bits per heavy atom. The third-order valence-electron chi connectivity index (χ3n) is 5.58. The predicted molar refractivity (Wildman–Crippen MR) is 99.3 cm³/mol. The molecule has 3 N–H and O–H groups in total. The molecule has 1 aromatic carbocycles. The zero-order valence-corrected chi connectivity index (χ0v) is 15.3. The molecule has 0 aromatic heterocycles. The highest BCUT2D eigenvalue weighted by Gasteiger charge is 2.39. The van der Waals surface area contributed by atoms with E-state index in [4.69, 9.17) is 5.73 Å². The number of hydrogen-bond donors (Lipinski definition) is 2. The molecular weight excluding hydrogens is 314 g/mol. The number of benzene rings is 1. The molecule has 5 nitrogen and oxygen atoms in total. The SMILES string of the molecule is Cc1cc(C)cc(N2CCC(C(=O)NC3CCCCC3CN)C2=O)c1. The van der Waals surface area contributed by atoms with Crippen molar-refractivity contribution < 1.29 is 9.59 Å². The van der Waals surface area contributed by atoms with Crippen LogP contribution in [-0.4, -0.2) is 30.9 Å². The van der Waals surface area contributed by atoms with Gasteiger partial charge in [0.15, 0.2) is 0 Å². The Kier molecular flexibility index (Phi) is 5.42. The van der Waals surface area contributed by atoms with Crippen molar-refractivity contribution in [3.63, 3.8) is 0 Å². The molecule has 2 amide bonds. The Balaban J connectivity index is 1.67. The van der Waals surface area contributed by atoms with Crippen molar-refractivity contribution in [2.45, 2.75) is 52.0 Å². The second kappa shape index (κ2) is 7.56. The maximum atomic E-state index is 12.8. The molecular formula is C20H29N3O2. The molecule has 0 bridgehead atoms. The quantitative estimate of drug-likeness (QED) is 0.824. The van der Waals surface area contributed by atoms with Gasteiger partial charge in [-0.1, -0.05) is 18.9 Å². The van der Waals surface area contributed by atoms with Gasteiger partial charge in [-0.3, -0.25) is 9.59 Å².